The Morgan fingerprint density at radius 2 is 2.14 bits per heavy atom. The minimum atomic E-state index is -0.790. The molecule has 1 aromatic carbocycles. The van der Waals surface area contributed by atoms with Gasteiger partial charge in [0.15, 0.2) is 0 Å². The fourth-order valence-corrected chi connectivity index (χ4v) is 3.14. The topological polar surface area (TPSA) is 50.7 Å². The first kappa shape index (κ1) is 16.6. The van der Waals surface area contributed by atoms with E-state index in [1.54, 1.807) is 7.11 Å². The van der Waals surface area contributed by atoms with Crippen molar-refractivity contribution >= 4 is 12.4 Å². The van der Waals surface area contributed by atoms with Gasteiger partial charge in [-0.2, -0.15) is 0 Å². The van der Waals surface area contributed by atoms with Gasteiger partial charge in [-0.05, 0) is 30.4 Å². The number of para-hydroxylation sites is 1. The molecule has 1 aliphatic heterocycles. The van der Waals surface area contributed by atoms with Crippen molar-refractivity contribution in [3.63, 3.8) is 0 Å². The summed E-state index contributed by atoms with van der Waals surface area (Å²) in [6.07, 6.45) is 2.64. The molecular formula is C16H24ClNO3. The number of morpholine rings is 1. The van der Waals surface area contributed by atoms with E-state index in [9.17, 15) is 5.11 Å². The second-order valence-electron chi connectivity index (χ2n) is 5.82. The van der Waals surface area contributed by atoms with Crippen LogP contribution in [0.3, 0.4) is 0 Å². The first-order chi connectivity index (χ1) is 9.74. The number of hydrogen-bond acceptors (Lipinski definition) is 4. The maximum atomic E-state index is 11.2. The molecule has 3 rings (SSSR count). The molecule has 1 aromatic rings. The molecule has 0 bridgehead atoms. The standard InChI is InChI=1S/C16H23NO3.ClH/c1-19-14-5-3-2-4-12(14)10-16(18,13-6-7-13)15-11-17-8-9-20-15;/h2-5,13,15,17-18H,6-11H2,1H3;1H. The molecule has 2 fully saturated rings. The normalized spacial score (nSPS) is 24.8. The Morgan fingerprint density at radius 1 is 1.38 bits per heavy atom. The molecule has 1 heterocycles. The lowest BCUT2D eigenvalue weighted by Gasteiger charge is -2.39. The molecule has 0 spiro atoms. The van der Waals surface area contributed by atoms with Gasteiger partial charge in [-0.15, -0.1) is 12.4 Å². The summed E-state index contributed by atoms with van der Waals surface area (Å²) < 4.78 is 11.2. The third kappa shape index (κ3) is 3.51. The van der Waals surface area contributed by atoms with Crippen molar-refractivity contribution in [2.45, 2.75) is 31.0 Å². The van der Waals surface area contributed by atoms with Crippen LogP contribution in [0.1, 0.15) is 18.4 Å². The largest absolute Gasteiger partial charge is 0.496 e. The Bertz CT molecular complexity index is 461. The van der Waals surface area contributed by atoms with Crippen molar-refractivity contribution in [1.82, 2.24) is 5.32 Å². The summed E-state index contributed by atoms with van der Waals surface area (Å²) >= 11 is 0. The molecule has 2 aliphatic rings. The second-order valence-corrected chi connectivity index (χ2v) is 5.82. The maximum absolute atomic E-state index is 11.2. The van der Waals surface area contributed by atoms with Crippen molar-refractivity contribution in [2.75, 3.05) is 26.8 Å². The van der Waals surface area contributed by atoms with E-state index in [1.165, 1.54) is 0 Å². The van der Waals surface area contributed by atoms with Crippen LogP contribution >= 0.6 is 12.4 Å². The number of rotatable bonds is 5. The summed E-state index contributed by atoms with van der Waals surface area (Å²) in [6.45, 7) is 2.26. The minimum Gasteiger partial charge on any atom is -0.496 e. The van der Waals surface area contributed by atoms with Crippen molar-refractivity contribution in [1.29, 1.82) is 0 Å². The van der Waals surface area contributed by atoms with E-state index in [2.05, 4.69) is 5.32 Å². The summed E-state index contributed by atoms with van der Waals surface area (Å²) in [5.74, 6) is 1.19. The third-order valence-corrected chi connectivity index (χ3v) is 4.44. The number of benzene rings is 1. The SMILES string of the molecule is COc1ccccc1CC(O)(C1CC1)C1CNCCO1.Cl. The molecule has 1 saturated carbocycles. The van der Waals surface area contributed by atoms with Gasteiger partial charge in [0.25, 0.3) is 0 Å². The van der Waals surface area contributed by atoms with Crippen molar-refractivity contribution in [3.05, 3.63) is 29.8 Å². The molecule has 2 atom stereocenters. The molecule has 1 saturated heterocycles. The molecule has 0 amide bonds. The van der Waals surface area contributed by atoms with Gasteiger partial charge in [0.1, 0.15) is 5.75 Å². The van der Waals surface area contributed by atoms with E-state index in [0.717, 1.165) is 37.2 Å². The highest BCUT2D eigenvalue weighted by atomic mass is 35.5. The monoisotopic (exact) mass is 313 g/mol. The first-order valence-corrected chi connectivity index (χ1v) is 7.40. The lowest BCUT2D eigenvalue weighted by Crippen LogP contribution is -2.55. The van der Waals surface area contributed by atoms with Gasteiger partial charge in [0.2, 0.25) is 0 Å². The predicted molar refractivity (Wildman–Crippen MR) is 84.2 cm³/mol. The zero-order valence-electron chi connectivity index (χ0n) is 12.4. The molecule has 2 unspecified atom stereocenters. The van der Waals surface area contributed by atoms with Crippen LogP contribution < -0.4 is 10.1 Å². The number of aliphatic hydroxyl groups is 1. The molecule has 4 nitrogen and oxygen atoms in total. The quantitative estimate of drug-likeness (QED) is 0.870. The van der Waals surface area contributed by atoms with E-state index >= 15 is 0 Å². The third-order valence-electron chi connectivity index (χ3n) is 4.44. The van der Waals surface area contributed by atoms with Gasteiger partial charge in [0, 0.05) is 19.5 Å². The minimum absolute atomic E-state index is 0. The Hall–Kier alpha value is -0.810. The highest BCUT2D eigenvalue weighted by Crippen LogP contribution is 2.45. The van der Waals surface area contributed by atoms with Crippen molar-refractivity contribution in [3.8, 4) is 5.75 Å². The summed E-state index contributed by atoms with van der Waals surface area (Å²) in [7, 11) is 1.67. The van der Waals surface area contributed by atoms with Crippen LogP contribution in [0.2, 0.25) is 0 Å². The summed E-state index contributed by atoms with van der Waals surface area (Å²) in [4.78, 5) is 0. The van der Waals surface area contributed by atoms with Gasteiger partial charge in [0.05, 0.1) is 25.4 Å². The van der Waals surface area contributed by atoms with Gasteiger partial charge in [-0.25, -0.2) is 0 Å². The van der Waals surface area contributed by atoms with Crippen LogP contribution in [0.4, 0.5) is 0 Å². The van der Waals surface area contributed by atoms with Gasteiger partial charge in [-0.1, -0.05) is 18.2 Å². The molecule has 0 aromatic heterocycles. The molecule has 2 N–H and O–H groups in total. The van der Waals surface area contributed by atoms with E-state index in [0.29, 0.717) is 18.9 Å². The van der Waals surface area contributed by atoms with Crippen LogP contribution in [0.25, 0.3) is 0 Å². The Labute approximate surface area is 132 Å². The van der Waals surface area contributed by atoms with Gasteiger partial charge in [-0.3, -0.25) is 0 Å². The fourth-order valence-electron chi connectivity index (χ4n) is 3.14. The first-order valence-electron chi connectivity index (χ1n) is 7.40. The van der Waals surface area contributed by atoms with E-state index in [4.69, 9.17) is 9.47 Å². The van der Waals surface area contributed by atoms with Crippen molar-refractivity contribution in [2.24, 2.45) is 5.92 Å². The second kappa shape index (κ2) is 6.97. The molecule has 5 heteroatoms. The van der Waals surface area contributed by atoms with Crippen LogP contribution in [-0.4, -0.2) is 43.6 Å². The number of ether oxygens (including phenoxy) is 2. The highest BCUT2D eigenvalue weighted by Gasteiger charge is 2.50. The number of hydrogen-bond donors (Lipinski definition) is 2. The Balaban J connectivity index is 0.00000161. The van der Waals surface area contributed by atoms with Gasteiger partial charge < -0.3 is 19.9 Å². The summed E-state index contributed by atoms with van der Waals surface area (Å²) in [5.41, 5.74) is 0.265. The zero-order chi connectivity index (χ0) is 14.0. The van der Waals surface area contributed by atoms with Crippen molar-refractivity contribution < 1.29 is 14.6 Å². The number of halogens is 1. The smallest absolute Gasteiger partial charge is 0.122 e. The van der Waals surface area contributed by atoms with Crippen LogP contribution in [-0.2, 0) is 11.2 Å². The highest BCUT2D eigenvalue weighted by molar-refractivity contribution is 5.85. The molecular weight excluding hydrogens is 290 g/mol. The molecule has 0 radical (unpaired) electrons. The zero-order valence-corrected chi connectivity index (χ0v) is 13.2. The predicted octanol–water partition coefficient (Wildman–Crippen LogP) is 1.79. The Morgan fingerprint density at radius 3 is 2.76 bits per heavy atom. The van der Waals surface area contributed by atoms with Gasteiger partial charge >= 0.3 is 0 Å². The lowest BCUT2D eigenvalue weighted by molar-refractivity contribution is -0.130. The van der Waals surface area contributed by atoms with Crippen LogP contribution in [0.15, 0.2) is 24.3 Å². The van der Waals surface area contributed by atoms with E-state index < -0.39 is 5.60 Å². The van der Waals surface area contributed by atoms with Crippen LogP contribution in [0.5, 0.6) is 5.75 Å². The average Bonchev–Trinajstić information content (AvgIpc) is 3.34. The maximum Gasteiger partial charge on any atom is 0.122 e. The summed E-state index contributed by atoms with van der Waals surface area (Å²) in [5, 5.41) is 14.5. The Kier molecular flexibility index (Phi) is 5.49. The average molecular weight is 314 g/mol. The van der Waals surface area contributed by atoms with Crippen LogP contribution in [0, 0.1) is 5.92 Å². The number of methoxy groups -OCH3 is 1. The molecule has 21 heavy (non-hydrogen) atoms. The summed E-state index contributed by atoms with van der Waals surface area (Å²) in [6, 6.07) is 7.92. The fraction of sp³-hybridized carbons (Fsp3) is 0.625. The molecule has 118 valence electrons. The van der Waals surface area contributed by atoms with E-state index in [-0.39, 0.29) is 18.5 Å². The number of nitrogens with one attached hydrogen (secondary N) is 1. The lowest BCUT2D eigenvalue weighted by atomic mass is 9.83. The van der Waals surface area contributed by atoms with E-state index in [1.807, 2.05) is 24.3 Å². The molecule has 1 aliphatic carbocycles.